The summed E-state index contributed by atoms with van der Waals surface area (Å²) in [7, 11) is 0. The van der Waals surface area contributed by atoms with Crippen LogP contribution in [0, 0.1) is 5.92 Å². The molecule has 2 aliphatic rings. The molecule has 3 heterocycles. The molecule has 7 nitrogen and oxygen atoms in total. The van der Waals surface area contributed by atoms with Gasteiger partial charge < -0.3 is 14.7 Å². The highest BCUT2D eigenvalue weighted by atomic mass is 16.2. The van der Waals surface area contributed by atoms with Crippen LogP contribution < -0.4 is 4.90 Å². The Kier molecular flexibility index (Phi) is 6.25. The molecule has 0 saturated carbocycles. The van der Waals surface area contributed by atoms with Crippen LogP contribution in [0.4, 0.5) is 5.82 Å². The highest BCUT2D eigenvalue weighted by Gasteiger charge is 2.39. The molecular formula is C27H29N5O2. The van der Waals surface area contributed by atoms with Crippen LogP contribution >= 0.6 is 0 Å². The molecule has 5 rings (SSSR count). The number of nitrogens with zero attached hydrogens (tertiary/aromatic N) is 5. The van der Waals surface area contributed by atoms with Crippen molar-refractivity contribution in [3.05, 3.63) is 78.6 Å². The van der Waals surface area contributed by atoms with Gasteiger partial charge in [0.15, 0.2) is 0 Å². The third kappa shape index (κ3) is 4.51. The van der Waals surface area contributed by atoms with E-state index in [-0.39, 0.29) is 23.8 Å². The van der Waals surface area contributed by atoms with E-state index in [0.29, 0.717) is 39.1 Å². The van der Waals surface area contributed by atoms with E-state index in [4.69, 9.17) is 0 Å². The van der Waals surface area contributed by atoms with Crippen molar-refractivity contribution in [2.75, 3.05) is 37.6 Å². The van der Waals surface area contributed by atoms with E-state index in [1.807, 2.05) is 83.5 Å². The molecule has 2 atom stereocenters. The number of carbonyl (C=O) groups is 2. The molecule has 1 aromatic heterocycles. The molecule has 7 heteroatoms. The zero-order chi connectivity index (χ0) is 23.5. The van der Waals surface area contributed by atoms with Gasteiger partial charge in [-0.3, -0.25) is 9.59 Å². The Hall–Kier alpha value is -3.74. The maximum Gasteiger partial charge on any atom is 0.228 e. The number of aromatic nitrogens is 2. The number of anilines is 1. The zero-order valence-electron chi connectivity index (χ0n) is 19.4. The van der Waals surface area contributed by atoms with Crippen LogP contribution in [0.3, 0.4) is 0 Å². The van der Waals surface area contributed by atoms with Gasteiger partial charge in [0.1, 0.15) is 12.1 Å². The highest BCUT2D eigenvalue weighted by molar-refractivity contribution is 5.89. The van der Waals surface area contributed by atoms with Crippen molar-refractivity contribution in [2.24, 2.45) is 5.92 Å². The molecule has 174 valence electrons. The summed E-state index contributed by atoms with van der Waals surface area (Å²) in [5.74, 6) is 0.750. The Morgan fingerprint density at radius 1 is 0.941 bits per heavy atom. The molecular weight excluding hydrogens is 426 g/mol. The number of amides is 2. The van der Waals surface area contributed by atoms with Crippen LogP contribution in [0.5, 0.6) is 0 Å². The summed E-state index contributed by atoms with van der Waals surface area (Å²) in [4.78, 5) is 40.8. The fourth-order valence-corrected chi connectivity index (χ4v) is 4.88. The molecule has 0 N–H and O–H groups in total. The average molecular weight is 456 g/mol. The van der Waals surface area contributed by atoms with E-state index in [2.05, 4.69) is 14.9 Å². The van der Waals surface area contributed by atoms with E-state index in [1.54, 1.807) is 6.33 Å². The molecule has 2 aliphatic heterocycles. The van der Waals surface area contributed by atoms with Crippen LogP contribution in [0.15, 0.2) is 73.1 Å². The third-order valence-corrected chi connectivity index (χ3v) is 6.89. The predicted molar refractivity (Wildman–Crippen MR) is 131 cm³/mol. The second-order valence-electron chi connectivity index (χ2n) is 8.97. The van der Waals surface area contributed by atoms with Crippen molar-refractivity contribution in [1.82, 2.24) is 19.8 Å². The van der Waals surface area contributed by atoms with Gasteiger partial charge in [0.05, 0.1) is 17.7 Å². The van der Waals surface area contributed by atoms with Crippen LogP contribution in [0.25, 0.3) is 11.3 Å². The Morgan fingerprint density at radius 2 is 1.62 bits per heavy atom. The summed E-state index contributed by atoms with van der Waals surface area (Å²) in [5.41, 5.74) is 3.04. The van der Waals surface area contributed by atoms with Gasteiger partial charge in [-0.15, -0.1) is 0 Å². The van der Waals surface area contributed by atoms with Gasteiger partial charge in [-0.2, -0.15) is 0 Å². The first-order valence-electron chi connectivity index (χ1n) is 11.9. The summed E-state index contributed by atoms with van der Waals surface area (Å²) in [6.07, 6.45) is 1.89. The number of hydrogen-bond donors (Lipinski definition) is 0. The highest BCUT2D eigenvalue weighted by Crippen LogP contribution is 2.30. The van der Waals surface area contributed by atoms with Crippen molar-refractivity contribution in [2.45, 2.75) is 19.4 Å². The van der Waals surface area contributed by atoms with Crippen LogP contribution in [-0.4, -0.2) is 64.3 Å². The minimum atomic E-state index is -0.269. The predicted octanol–water partition coefficient (Wildman–Crippen LogP) is 3.40. The number of carbonyl (C=O) groups excluding carboxylic acids is 2. The topological polar surface area (TPSA) is 69.6 Å². The van der Waals surface area contributed by atoms with E-state index in [9.17, 15) is 9.59 Å². The normalized spacial score (nSPS) is 19.4. The average Bonchev–Trinajstić information content (AvgIpc) is 3.30. The first kappa shape index (κ1) is 22.1. The summed E-state index contributed by atoms with van der Waals surface area (Å²) in [6.45, 7) is 5.19. The number of piperazine rings is 1. The maximum atomic E-state index is 13.2. The summed E-state index contributed by atoms with van der Waals surface area (Å²) < 4.78 is 0. The van der Waals surface area contributed by atoms with Gasteiger partial charge >= 0.3 is 0 Å². The zero-order valence-corrected chi connectivity index (χ0v) is 19.4. The van der Waals surface area contributed by atoms with Crippen molar-refractivity contribution in [3.63, 3.8) is 0 Å². The fourth-order valence-electron chi connectivity index (χ4n) is 4.88. The molecule has 2 amide bonds. The quantitative estimate of drug-likeness (QED) is 0.590. The summed E-state index contributed by atoms with van der Waals surface area (Å²) in [6, 6.07) is 22.0. The minimum Gasteiger partial charge on any atom is -0.353 e. The lowest BCUT2D eigenvalue weighted by atomic mass is 10.1. The lowest BCUT2D eigenvalue weighted by Crippen LogP contribution is -2.51. The number of hydrogen-bond acceptors (Lipinski definition) is 5. The molecule has 3 aromatic rings. The minimum absolute atomic E-state index is 0.0278. The van der Waals surface area contributed by atoms with Crippen LogP contribution in [0.1, 0.15) is 24.9 Å². The Labute approximate surface area is 200 Å². The van der Waals surface area contributed by atoms with Gasteiger partial charge in [-0.1, -0.05) is 60.7 Å². The van der Waals surface area contributed by atoms with Crippen LogP contribution in [-0.2, 0) is 9.59 Å². The van der Waals surface area contributed by atoms with E-state index < -0.39 is 0 Å². The van der Waals surface area contributed by atoms with Crippen molar-refractivity contribution in [3.8, 4) is 11.3 Å². The van der Waals surface area contributed by atoms with Gasteiger partial charge in [-0.05, 0) is 12.5 Å². The molecule has 2 aromatic carbocycles. The van der Waals surface area contributed by atoms with Crippen molar-refractivity contribution < 1.29 is 9.59 Å². The fraction of sp³-hybridized carbons (Fsp3) is 0.333. The summed E-state index contributed by atoms with van der Waals surface area (Å²) >= 11 is 0. The van der Waals surface area contributed by atoms with Crippen molar-refractivity contribution >= 4 is 17.6 Å². The van der Waals surface area contributed by atoms with Gasteiger partial charge in [-0.25, -0.2) is 9.97 Å². The molecule has 0 spiro atoms. The van der Waals surface area contributed by atoms with Gasteiger partial charge in [0, 0.05) is 50.8 Å². The molecule has 0 aliphatic carbocycles. The lowest BCUT2D eigenvalue weighted by molar-refractivity contribution is -0.136. The second kappa shape index (κ2) is 9.63. The van der Waals surface area contributed by atoms with Crippen LogP contribution in [0.2, 0.25) is 0 Å². The van der Waals surface area contributed by atoms with Crippen molar-refractivity contribution in [1.29, 1.82) is 0 Å². The molecule has 2 unspecified atom stereocenters. The second-order valence-corrected chi connectivity index (χ2v) is 8.97. The van der Waals surface area contributed by atoms with E-state index in [0.717, 1.165) is 22.6 Å². The molecule has 0 bridgehead atoms. The van der Waals surface area contributed by atoms with Gasteiger partial charge in [0.2, 0.25) is 11.8 Å². The standard InChI is InChI=1S/C27H29N5O2/c1-20(21-8-4-2-5-9-21)32-18-23(16-26(32)33)27(34)31-14-12-30(13-15-31)25-17-24(28-19-29-25)22-10-6-3-7-11-22/h2-11,17,19-20,23H,12-16,18H2,1H3. The van der Waals surface area contributed by atoms with E-state index >= 15 is 0 Å². The SMILES string of the molecule is CC(c1ccccc1)N1CC(C(=O)N2CCN(c3cc(-c4ccccc4)ncn3)CC2)CC1=O. The number of benzene rings is 2. The first-order valence-corrected chi connectivity index (χ1v) is 11.9. The Bertz CT molecular complexity index is 1150. The number of rotatable bonds is 5. The largest absolute Gasteiger partial charge is 0.353 e. The smallest absolute Gasteiger partial charge is 0.228 e. The first-order chi connectivity index (χ1) is 16.6. The molecule has 2 saturated heterocycles. The molecule has 2 fully saturated rings. The lowest BCUT2D eigenvalue weighted by Gasteiger charge is -2.36. The summed E-state index contributed by atoms with van der Waals surface area (Å²) in [5, 5.41) is 0. The Balaban J connectivity index is 1.19. The monoisotopic (exact) mass is 455 g/mol. The Morgan fingerprint density at radius 3 is 2.32 bits per heavy atom. The third-order valence-electron chi connectivity index (χ3n) is 6.89. The molecule has 34 heavy (non-hydrogen) atoms. The van der Waals surface area contributed by atoms with Gasteiger partial charge in [0.25, 0.3) is 0 Å². The van der Waals surface area contributed by atoms with E-state index in [1.165, 1.54) is 0 Å². The maximum absolute atomic E-state index is 13.2. The number of likely N-dealkylation sites (tertiary alicyclic amines) is 1. The molecule has 0 radical (unpaired) electrons.